The number of benzene rings is 1. The molecule has 0 unspecified atom stereocenters. The van der Waals surface area contributed by atoms with Gasteiger partial charge in [0.05, 0.1) is 0 Å². The molecule has 0 fully saturated rings. The summed E-state index contributed by atoms with van der Waals surface area (Å²) in [6, 6.07) is 1.05. The fourth-order valence-corrected chi connectivity index (χ4v) is 0.780. The lowest BCUT2D eigenvalue weighted by molar-refractivity contribution is -0.419. The Morgan fingerprint density at radius 1 is 1.14 bits per heavy atom. The molecule has 4 nitrogen and oxygen atoms in total. The fourth-order valence-electron chi connectivity index (χ4n) is 0.780. The zero-order chi connectivity index (χ0) is 10.9. The zero-order valence-electron chi connectivity index (χ0n) is 6.74. The summed E-state index contributed by atoms with van der Waals surface area (Å²) in [4.78, 5) is 0. The van der Waals surface area contributed by atoms with E-state index in [1.807, 2.05) is 0 Å². The lowest BCUT2D eigenvalue weighted by Crippen LogP contribution is -2.36. The summed E-state index contributed by atoms with van der Waals surface area (Å²) >= 11 is 0. The van der Waals surface area contributed by atoms with Gasteiger partial charge in [-0.25, -0.2) is 8.78 Å². The third-order valence-corrected chi connectivity index (χ3v) is 1.30. The van der Waals surface area contributed by atoms with E-state index in [4.69, 9.17) is 23.2 Å². The van der Waals surface area contributed by atoms with Crippen molar-refractivity contribution in [3.63, 3.8) is 0 Å². The van der Waals surface area contributed by atoms with Crippen LogP contribution in [0.25, 0.3) is 0 Å². The van der Waals surface area contributed by atoms with Gasteiger partial charge in [0.2, 0.25) is 0 Å². The molecule has 0 spiro atoms. The average molecular weight is 202 g/mol. The molecule has 1 rings (SSSR count). The Kier molecular flexibility index (Phi) is 2.75. The Labute approximate surface area is 78.8 Å². The van der Waals surface area contributed by atoms with Crippen molar-refractivity contribution in [1.82, 2.24) is 0 Å². The lowest BCUT2D eigenvalue weighted by atomic mass is 9.95. The van der Waals surface area contributed by atoms with Crippen LogP contribution >= 0.6 is 0 Å². The second-order valence-corrected chi connectivity index (χ2v) is 2.48. The van der Waals surface area contributed by atoms with E-state index in [0.29, 0.717) is 12.1 Å². The van der Waals surface area contributed by atoms with Gasteiger partial charge in [0.15, 0.2) is 11.6 Å². The Hall–Kier alpha value is -1.18. The number of halogens is 2. The van der Waals surface area contributed by atoms with Gasteiger partial charge in [-0.3, -0.25) is 0 Å². The van der Waals surface area contributed by atoms with E-state index in [1.54, 1.807) is 0 Å². The van der Waals surface area contributed by atoms with E-state index in [1.165, 1.54) is 0 Å². The van der Waals surface area contributed by atoms with Gasteiger partial charge in [-0.2, -0.15) is 0 Å². The molecule has 0 aliphatic rings. The van der Waals surface area contributed by atoms with Gasteiger partial charge in [0.1, 0.15) is 13.6 Å². The van der Waals surface area contributed by atoms with Crippen LogP contribution in [0, 0.1) is 11.6 Å². The highest BCUT2D eigenvalue weighted by molar-refractivity contribution is 6.34. The molecule has 3 N–H and O–H groups in total. The molecule has 0 bridgehead atoms. The number of hydrogen-bond acceptors (Lipinski definition) is 4. The minimum Gasteiger partial charge on any atom is -0.417 e. The molecule has 0 aliphatic carbocycles. The first-order valence-corrected chi connectivity index (χ1v) is 3.40. The molecule has 1 aromatic carbocycles. The molecule has 0 saturated carbocycles. The van der Waals surface area contributed by atoms with Gasteiger partial charge >= 0.3 is 6.16 Å². The van der Waals surface area contributed by atoms with Crippen molar-refractivity contribution in [2.45, 2.75) is 6.16 Å². The average Bonchev–Trinajstić information content (AvgIpc) is 1.97. The van der Waals surface area contributed by atoms with Crippen molar-refractivity contribution in [2.75, 3.05) is 0 Å². The standard InChI is InChI=1S/C7H5BF2O4/c8-3-1-4(9)5(10)2-6(3)14-7(11,12)13/h1-2,11-13H. The van der Waals surface area contributed by atoms with Crippen molar-refractivity contribution < 1.29 is 28.8 Å². The van der Waals surface area contributed by atoms with Gasteiger partial charge in [-0.1, -0.05) is 5.46 Å². The summed E-state index contributed by atoms with van der Waals surface area (Å²) in [5, 5.41) is 25.1. The summed E-state index contributed by atoms with van der Waals surface area (Å²) in [7, 11) is 5.13. The first-order chi connectivity index (χ1) is 6.29. The summed E-state index contributed by atoms with van der Waals surface area (Å²) < 4.78 is 29.1. The molecule has 0 heterocycles. The smallest absolute Gasteiger partial charge is 0.417 e. The van der Waals surface area contributed by atoms with Crippen LogP contribution in [-0.4, -0.2) is 29.3 Å². The molecule has 0 atom stereocenters. The minimum atomic E-state index is -3.49. The molecule has 2 radical (unpaired) electrons. The van der Waals surface area contributed by atoms with Crippen molar-refractivity contribution in [1.29, 1.82) is 0 Å². The normalized spacial score (nSPS) is 11.5. The Morgan fingerprint density at radius 2 is 1.64 bits per heavy atom. The van der Waals surface area contributed by atoms with Crippen LogP contribution in [0.2, 0.25) is 0 Å². The second kappa shape index (κ2) is 3.53. The van der Waals surface area contributed by atoms with Crippen molar-refractivity contribution in [3.05, 3.63) is 23.8 Å². The first kappa shape index (κ1) is 10.9. The molecular formula is C7H5BF2O4. The van der Waals surface area contributed by atoms with Crippen LogP contribution in [0.4, 0.5) is 8.78 Å². The molecule has 7 heteroatoms. The fraction of sp³-hybridized carbons (Fsp3) is 0.143. The van der Waals surface area contributed by atoms with E-state index in [0.717, 1.165) is 0 Å². The summed E-state index contributed by atoms with van der Waals surface area (Å²) in [6.07, 6.45) is -3.49. The van der Waals surface area contributed by atoms with Gasteiger partial charge in [-0.15, -0.1) is 0 Å². The number of rotatable bonds is 2. The van der Waals surface area contributed by atoms with Gasteiger partial charge in [0.25, 0.3) is 0 Å². The lowest BCUT2D eigenvalue weighted by Gasteiger charge is -2.17. The highest BCUT2D eigenvalue weighted by Crippen LogP contribution is 2.15. The van der Waals surface area contributed by atoms with Crippen LogP contribution in [0.5, 0.6) is 5.75 Å². The van der Waals surface area contributed by atoms with Gasteiger partial charge < -0.3 is 20.1 Å². The number of ether oxygens (including phenoxy) is 1. The Bertz CT molecular complexity index is 350. The largest absolute Gasteiger partial charge is 0.453 e. The topological polar surface area (TPSA) is 69.9 Å². The van der Waals surface area contributed by atoms with Crippen LogP contribution in [0.1, 0.15) is 0 Å². The maximum atomic E-state index is 12.6. The number of hydrogen-bond donors (Lipinski definition) is 3. The molecular weight excluding hydrogens is 197 g/mol. The van der Waals surface area contributed by atoms with E-state index >= 15 is 0 Å². The highest BCUT2D eigenvalue weighted by Gasteiger charge is 2.22. The third-order valence-electron chi connectivity index (χ3n) is 1.30. The third kappa shape index (κ3) is 2.66. The van der Waals surface area contributed by atoms with Gasteiger partial charge in [0, 0.05) is 6.07 Å². The molecule has 1 aromatic rings. The van der Waals surface area contributed by atoms with Crippen molar-refractivity contribution in [2.24, 2.45) is 0 Å². The van der Waals surface area contributed by atoms with Crippen LogP contribution in [0.3, 0.4) is 0 Å². The predicted octanol–water partition coefficient (Wildman–Crippen LogP) is -1.27. The van der Waals surface area contributed by atoms with Crippen LogP contribution < -0.4 is 10.2 Å². The quantitative estimate of drug-likeness (QED) is 0.412. The van der Waals surface area contributed by atoms with E-state index in [-0.39, 0.29) is 5.46 Å². The molecule has 0 amide bonds. The Morgan fingerprint density at radius 3 is 2.14 bits per heavy atom. The summed E-state index contributed by atoms with van der Waals surface area (Å²) in [5.74, 6) is -3.09. The maximum Gasteiger partial charge on any atom is 0.453 e. The maximum absolute atomic E-state index is 12.6. The zero-order valence-corrected chi connectivity index (χ0v) is 6.74. The summed E-state index contributed by atoms with van der Waals surface area (Å²) in [6.45, 7) is 0. The monoisotopic (exact) mass is 202 g/mol. The number of aliphatic hydroxyl groups is 3. The SMILES string of the molecule is [B]c1cc(F)c(F)cc1OC(O)(O)O. The molecule has 0 aromatic heterocycles. The molecule has 0 saturated heterocycles. The highest BCUT2D eigenvalue weighted by atomic mass is 19.2. The van der Waals surface area contributed by atoms with E-state index in [9.17, 15) is 8.78 Å². The summed E-state index contributed by atoms with van der Waals surface area (Å²) in [5.41, 5.74) is -0.384. The first-order valence-electron chi connectivity index (χ1n) is 3.40. The Balaban J connectivity index is 3.04. The molecule has 0 aliphatic heterocycles. The van der Waals surface area contributed by atoms with Crippen LogP contribution in [-0.2, 0) is 0 Å². The van der Waals surface area contributed by atoms with Crippen LogP contribution in [0.15, 0.2) is 12.1 Å². The van der Waals surface area contributed by atoms with E-state index in [2.05, 4.69) is 4.74 Å². The predicted molar refractivity (Wildman–Crippen MR) is 41.8 cm³/mol. The van der Waals surface area contributed by atoms with Gasteiger partial charge in [-0.05, 0) is 6.07 Å². The minimum absolute atomic E-state index is 0.384. The van der Waals surface area contributed by atoms with E-state index < -0.39 is 23.5 Å². The second-order valence-electron chi connectivity index (χ2n) is 2.48. The van der Waals surface area contributed by atoms with Crippen molar-refractivity contribution >= 4 is 13.3 Å². The van der Waals surface area contributed by atoms with Crippen molar-refractivity contribution in [3.8, 4) is 5.75 Å². The molecule has 74 valence electrons. The molecule has 14 heavy (non-hydrogen) atoms.